The number of nitrogens with zero attached hydrogens (tertiary/aromatic N) is 2. The number of aryl methyl sites for hydroxylation is 1. The maximum atomic E-state index is 12.4. The molecular formula is C16H19N3O2. The number of amides is 1. The molecule has 5 nitrogen and oxygen atoms in total. The summed E-state index contributed by atoms with van der Waals surface area (Å²) in [4.78, 5) is 25.7. The van der Waals surface area contributed by atoms with Gasteiger partial charge >= 0.3 is 0 Å². The monoisotopic (exact) mass is 285 g/mol. The molecule has 5 heteroatoms. The summed E-state index contributed by atoms with van der Waals surface area (Å²) in [7, 11) is 5.59. The summed E-state index contributed by atoms with van der Waals surface area (Å²) < 4.78 is 1.66. The van der Waals surface area contributed by atoms with Crippen molar-refractivity contribution in [3.63, 3.8) is 0 Å². The normalized spacial score (nSPS) is 10.3. The van der Waals surface area contributed by atoms with Gasteiger partial charge in [-0.3, -0.25) is 9.59 Å². The second-order valence-corrected chi connectivity index (χ2v) is 5.15. The third kappa shape index (κ3) is 3.13. The van der Waals surface area contributed by atoms with Crippen LogP contribution >= 0.6 is 0 Å². The van der Waals surface area contributed by atoms with Gasteiger partial charge < -0.3 is 14.8 Å². The van der Waals surface area contributed by atoms with Crippen LogP contribution in [-0.2, 0) is 7.05 Å². The molecule has 1 heterocycles. The molecule has 1 aromatic heterocycles. The smallest absolute Gasteiger partial charge is 0.272 e. The van der Waals surface area contributed by atoms with E-state index in [1.165, 1.54) is 6.92 Å². The number of carbonyl (C=O) groups excluding carboxylic acids is 2. The zero-order chi connectivity index (χ0) is 15.6. The lowest BCUT2D eigenvalue weighted by molar-refractivity contribution is 0.101. The predicted octanol–water partition coefficient (Wildman–Crippen LogP) is 2.55. The number of ketones is 1. The van der Waals surface area contributed by atoms with Gasteiger partial charge in [0.1, 0.15) is 5.69 Å². The SMILES string of the molecule is CC(=O)c1cc(C(=O)Nc2ccccc2N(C)C)n(C)c1. The Morgan fingerprint density at radius 3 is 2.43 bits per heavy atom. The molecule has 2 rings (SSSR count). The van der Waals surface area contributed by atoms with E-state index >= 15 is 0 Å². The number of anilines is 2. The molecule has 0 saturated carbocycles. The second-order valence-electron chi connectivity index (χ2n) is 5.15. The van der Waals surface area contributed by atoms with Crippen molar-refractivity contribution in [1.82, 2.24) is 4.57 Å². The molecule has 0 aliphatic carbocycles. The first-order chi connectivity index (χ1) is 9.90. The van der Waals surface area contributed by atoms with E-state index in [1.807, 2.05) is 43.3 Å². The highest BCUT2D eigenvalue weighted by Gasteiger charge is 2.15. The predicted molar refractivity (Wildman–Crippen MR) is 84.1 cm³/mol. The zero-order valence-electron chi connectivity index (χ0n) is 12.7. The van der Waals surface area contributed by atoms with Gasteiger partial charge in [0.15, 0.2) is 5.78 Å². The van der Waals surface area contributed by atoms with E-state index < -0.39 is 0 Å². The van der Waals surface area contributed by atoms with Crippen LogP contribution in [0.25, 0.3) is 0 Å². The summed E-state index contributed by atoms with van der Waals surface area (Å²) in [6.45, 7) is 1.48. The molecule has 2 aromatic rings. The molecule has 1 N–H and O–H groups in total. The number of hydrogen-bond donors (Lipinski definition) is 1. The molecule has 0 spiro atoms. The molecule has 0 aliphatic rings. The Kier molecular flexibility index (Phi) is 4.12. The summed E-state index contributed by atoms with van der Waals surface area (Å²) in [5.74, 6) is -0.294. The second kappa shape index (κ2) is 5.83. The van der Waals surface area contributed by atoms with Crippen LogP contribution in [0.4, 0.5) is 11.4 Å². The topological polar surface area (TPSA) is 54.3 Å². The number of hydrogen-bond acceptors (Lipinski definition) is 3. The maximum absolute atomic E-state index is 12.4. The van der Waals surface area contributed by atoms with E-state index in [0.29, 0.717) is 11.3 Å². The fraction of sp³-hybridized carbons (Fsp3) is 0.250. The highest BCUT2D eigenvalue weighted by Crippen LogP contribution is 2.24. The van der Waals surface area contributed by atoms with Gasteiger partial charge in [0, 0.05) is 32.9 Å². The summed E-state index contributed by atoms with van der Waals surface area (Å²) in [6, 6.07) is 9.18. The Labute approximate surface area is 124 Å². The molecule has 0 unspecified atom stereocenters. The van der Waals surface area contributed by atoms with Crippen molar-refractivity contribution in [1.29, 1.82) is 0 Å². The number of aromatic nitrogens is 1. The number of carbonyl (C=O) groups is 2. The van der Waals surface area contributed by atoms with E-state index in [4.69, 9.17) is 0 Å². The fourth-order valence-corrected chi connectivity index (χ4v) is 2.14. The Morgan fingerprint density at radius 1 is 1.19 bits per heavy atom. The minimum Gasteiger partial charge on any atom is -0.376 e. The number of benzene rings is 1. The molecule has 0 radical (unpaired) electrons. The van der Waals surface area contributed by atoms with Crippen LogP contribution in [0.15, 0.2) is 36.5 Å². The van der Waals surface area contributed by atoms with Crippen LogP contribution in [-0.4, -0.2) is 30.4 Å². The Hall–Kier alpha value is -2.56. The van der Waals surface area contributed by atoms with Gasteiger partial charge in [0.25, 0.3) is 5.91 Å². The number of Topliss-reactive ketones (excluding diaryl/α,β-unsaturated/α-hetero) is 1. The van der Waals surface area contributed by atoms with Crippen molar-refractivity contribution < 1.29 is 9.59 Å². The van der Waals surface area contributed by atoms with Crippen molar-refractivity contribution in [3.8, 4) is 0 Å². The lowest BCUT2D eigenvalue weighted by atomic mass is 10.2. The average molecular weight is 285 g/mol. The van der Waals surface area contributed by atoms with Gasteiger partial charge in [0.05, 0.1) is 11.4 Å². The van der Waals surface area contributed by atoms with E-state index in [1.54, 1.807) is 23.9 Å². The lowest BCUT2D eigenvalue weighted by Gasteiger charge is -2.17. The molecule has 1 amide bonds. The van der Waals surface area contributed by atoms with E-state index in [9.17, 15) is 9.59 Å². The van der Waals surface area contributed by atoms with Gasteiger partial charge in [-0.1, -0.05) is 12.1 Å². The zero-order valence-corrected chi connectivity index (χ0v) is 12.7. The molecule has 110 valence electrons. The third-order valence-electron chi connectivity index (χ3n) is 3.28. The molecular weight excluding hydrogens is 266 g/mol. The maximum Gasteiger partial charge on any atom is 0.272 e. The first-order valence-corrected chi connectivity index (χ1v) is 6.65. The van der Waals surface area contributed by atoms with Crippen LogP contribution in [0.5, 0.6) is 0 Å². The molecule has 21 heavy (non-hydrogen) atoms. The van der Waals surface area contributed by atoms with Crippen LogP contribution in [0.3, 0.4) is 0 Å². The Bertz CT molecular complexity index is 687. The van der Waals surface area contributed by atoms with Gasteiger partial charge in [-0.2, -0.15) is 0 Å². The summed E-state index contributed by atoms with van der Waals surface area (Å²) >= 11 is 0. The largest absolute Gasteiger partial charge is 0.376 e. The highest BCUT2D eigenvalue weighted by atomic mass is 16.2. The first kappa shape index (κ1) is 14.8. The van der Waals surface area contributed by atoms with Gasteiger partial charge in [0.2, 0.25) is 0 Å². The quantitative estimate of drug-likeness (QED) is 0.878. The van der Waals surface area contributed by atoms with Crippen molar-refractivity contribution >= 4 is 23.1 Å². The number of para-hydroxylation sites is 2. The molecule has 0 bridgehead atoms. The molecule has 0 atom stereocenters. The fourth-order valence-electron chi connectivity index (χ4n) is 2.14. The molecule has 0 aliphatic heterocycles. The lowest BCUT2D eigenvalue weighted by Crippen LogP contribution is -2.18. The Balaban J connectivity index is 2.28. The van der Waals surface area contributed by atoms with Gasteiger partial charge in [-0.15, -0.1) is 0 Å². The van der Waals surface area contributed by atoms with Crippen molar-refractivity contribution in [3.05, 3.63) is 47.8 Å². The molecule has 0 fully saturated rings. The van der Waals surface area contributed by atoms with Crippen LogP contribution in [0, 0.1) is 0 Å². The van der Waals surface area contributed by atoms with Gasteiger partial charge in [-0.05, 0) is 25.1 Å². The first-order valence-electron chi connectivity index (χ1n) is 6.65. The molecule has 0 saturated heterocycles. The summed E-state index contributed by atoms with van der Waals surface area (Å²) in [6.07, 6.45) is 1.66. The average Bonchev–Trinajstić information content (AvgIpc) is 2.81. The number of rotatable bonds is 4. The molecule has 1 aromatic carbocycles. The highest BCUT2D eigenvalue weighted by molar-refractivity contribution is 6.06. The van der Waals surface area contributed by atoms with Crippen LogP contribution < -0.4 is 10.2 Å². The number of nitrogens with one attached hydrogen (secondary N) is 1. The van der Waals surface area contributed by atoms with Crippen LogP contribution in [0.2, 0.25) is 0 Å². The summed E-state index contributed by atoms with van der Waals surface area (Å²) in [5.41, 5.74) is 2.64. The summed E-state index contributed by atoms with van der Waals surface area (Å²) in [5, 5.41) is 2.89. The van der Waals surface area contributed by atoms with Crippen molar-refractivity contribution in [2.24, 2.45) is 7.05 Å². The Morgan fingerprint density at radius 2 is 1.86 bits per heavy atom. The van der Waals surface area contributed by atoms with Crippen molar-refractivity contribution in [2.45, 2.75) is 6.92 Å². The minimum atomic E-state index is -0.237. The van der Waals surface area contributed by atoms with E-state index in [-0.39, 0.29) is 11.7 Å². The van der Waals surface area contributed by atoms with Crippen LogP contribution in [0.1, 0.15) is 27.8 Å². The van der Waals surface area contributed by atoms with Crippen molar-refractivity contribution in [2.75, 3.05) is 24.3 Å². The third-order valence-corrected chi connectivity index (χ3v) is 3.28. The standard InChI is InChI=1S/C16H19N3O2/c1-11(20)12-9-15(19(4)10-12)16(21)17-13-7-5-6-8-14(13)18(2)3/h5-10H,1-4H3,(H,17,21). The van der Waals surface area contributed by atoms with Gasteiger partial charge in [-0.25, -0.2) is 0 Å². The van der Waals surface area contributed by atoms with E-state index in [0.717, 1.165) is 11.4 Å². The van der Waals surface area contributed by atoms with E-state index in [2.05, 4.69) is 5.32 Å². The minimum absolute atomic E-state index is 0.0571.